The molecule has 4 rings (SSSR count). The number of oxime groups is 1. The molecule has 2 heterocycles. The van der Waals surface area contributed by atoms with Crippen LogP contribution in [0.4, 0.5) is 10.1 Å². The van der Waals surface area contributed by atoms with Gasteiger partial charge in [0, 0.05) is 31.8 Å². The topological polar surface area (TPSA) is 77.6 Å². The van der Waals surface area contributed by atoms with Crippen LogP contribution >= 0.6 is 0 Å². The molecule has 8 heteroatoms. The van der Waals surface area contributed by atoms with Crippen LogP contribution in [0.5, 0.6) is 0 Å². The van der Waals surface area contributed by atoms with Crippen molar-refractivity contribution in [3.8, 4) is 0 Å². The first-order valence-corrected chi connectivity index (χ1v) is 8.39. The molecule has 138 valence electrons. The minimum Gasteiger partial charge on any atom is -0.382 e. The lowest BCUT2D eigenvalue weighted by atomic mass is 10.0. The van der Waals surface area contributed by atoms with E-state index in [4.69, 9.17) is 4.84 Å². The molecule has 3 aromatic rings. The van der Waals surface area contributed by atoms with Crippen LogP contribution in [0.25, 0.3) is 11.0 Å². The standard InChI is InChI=1S/C19H17FN4O3/c1-23-15-8-7-11(9-16(15)24(2)19(23)26)21-18(25)17-10-14(22-27-17)12-5-3-4-6-13(12)20/h3-9,17H,10H2,1-2H3,(H,21,25)/t17-/m1/s1. The van der Waals surface area contributed by atoms with Crippen LogP contribution < -0.4 is 11.0 Å². The smallest absolute Gasteiger partial charge is 0.328 e. The third-order valence-corrected chi connectivity index (χ3v) is 4.69. The molecule has 27 heavy (non-hydrogen) atoms. The minimum atomic E-state index is -0.838. The number of benzene rings is 2. The van der Waals surface area contributed by atoms with Gasteiger partial charge in [0.05, 0.1) is 16.7 Å². The number of rotatable bonds is 3. The predicted octanol–water partition coefficient (Wildman–Crippen LogP) is 2.15. The van der Waals surface area contributed by atoms with Crippen molar-refractivity contribution in [3.05, 3.63) is 64.3 Å². The second-order valence-electron chi connectivity index (χ2n) is 6.41. The van der Waals surface area contributed by atoms with Crippen molar-refractivity contribution in [2.75, 3.05) is 5.32 Å². The quantitative estimate of drug-likeness (QED) is 0.770. The first kappa shape index (κ1) is 17.0. The van der Waals surface area contributed by atoms with Gasteiger partial charge in [-0.1, -0.05) is 23.4 Å². The molecule has 7 nitrogen and oxygen atoms in total. The maximum atomic E-state index is 13.9. The maximum Gasteiger partial charge on any atom is 0.328 e. The highest BCUT2D eigenvalue weighted by Gasteiger charge is 2.30. The molecule has 1 aromatic heterocycles. The van der Waals surface area contributed by atoms with E-state index in [-0.39, 0.29) is 18.0 Å². The summed E-state index contributed by atoms with van der Waals surface area (Å²) in [5.41, 5.74) is 2.59. The molecule has 0 saturated heterocycles. The van der Waals surface area contributed by atoms with Crippen LogP contribution in [0, 0.1) is 5.82 Å². The van der Waals surface area contributed by atoms with Gasteiger partial charge in [0.25, 0.3) is 5.91 Å². The Kier molecular flexibility index (Phi) is 4.02. The van der Waals surface area contributed by atoms with Crippen molar-refractivity contribution < 1.29 is 14.0 Å². The van der Waals surface area contributed by atoms with Gasteiger partial charge in [-0.2, -0.15) is 0 Å². The van der Waals surface area contributed by atoms with Crippen LogP contribution in [0.15, 0.2) is 52.4 Å². The lowest BCUT2D eigenvalue weighted by Crippen LogP contribution is -2.28. The molecule has 0 fully saturated rings. The largest absolute Gasteiger partial charge is 0.382 e. The van der Waals surface area contributed by atoms with Crippen LogP contribution in [0.2, 0.25) is 0 Å². The summed E-state index contributed by atoms with van der Waals surface area (Å²) < 4.78 is 16.9. The Balaban J connectivity index is 1.51. The lowest BCUT2D eigenvalue weighted by molar-refractivity contribution is -0.125. The molecule has 2 aromatic carbocycles. The summed E-state index contributed by atoms with van der Waals surface area (Å²) in [6.45, 7) is 0. The number of carbonyl (C=O) groups excluding carboxylic acids is 1. The Hall–Kier alpha value is -3.42. The summed E-state index contributed by atoms with van der Waals surface area (Å²) in [5, 5.41) is 6.62. The number of halogens is 1. The van der Waals surface area contributed by atoms with E-state index in [9.17, 15) is 14.0 Å². The minimum absolute atomic E-state index is 0.143. The maximum absolute atomic E-state index is 13.9. The van der Waals surface area contributed by atoms with E-state index in [1.54, 1.807) is 50.5 Å². The molecular formula is C19H17FN4O3. The van der Waals surface area contributed by atoms with Gasteiger partial charge in [-0.05, 0) is 24.3 Å². The van der Waals surface area contributed by atoms with Gasteiger partial charge in [-0.25, -0.2) is 9.18 Å². The van der Waals surface area contributed by atoms with Gasteiger partial charge < -0.3 is 10.2 Å². The number of anilines is 1. The Labute approximate surface area is 153 Å². The van der Waals surface area contributed by atoms with E-state index in [1.165, 1.54) is 15.2 Å². The third kappa shape index (κ3) is 2.88. The zero-order valence-corrected chi connectivity index (χ0v) is 14.8. The number of amides is 1. The molecule has 0 radical (unpaired) electrons. The van der Waals surface area contributed by atoms with Crippen molar-refractivity contribution in [3.63, 3.8) is 0 Å². The van der Waals surface area contributed by atoms with Crippen molar-refractivity contribution in [1.29, 1.82) is 0 Å². The summed E-state index contributed by atoms with van der Waals surface area (Å²) in [6.07, 6.45) is -0.659. The van der Waals surface area contributed by atoms with Crippen LogP contribution in [-0.4, -0.2) is 26.9 Å². The number of nitrogens with zero attached hydrogens (tertiary/aromatic N) is 3. The highest BCUT2D eigenvalue weighted by Crippen LogP contribution is 2.22. The number of fused-ring (bicyclic) bond motifs is 1. The summed E-state index contributed by atoms with van der Waals surface area (Å²) in [7, 11) is 3.36. The number of nitrogens with one attached hydrogen (secondary N) is 1. The normalized spacial score (nSPS) is 16.3. The Morgan fingerprint density at radius 3 is 2.70 bits per heavy atom. The zero-order valence-electron chi connectivity index (χ0n) is 14.8. The molecule has 1 aliphatic rings. The average Bonchev–Trinajstić information content (AvgIpc) is 3.23. The number of hydrogen-bond acceptors (Lipinski definition) is 4. The zero-order chi connectivity index (χ0) is 19.1. The van der Waals surface area contributed by atoms with Crippen LogP contribution in [0.1, 0.15) is 12.0 Å². The van der Waals surface area contributed by atoms with E-state index in [0.717, 1.165) is 5.52 Å². The van der Waals surface area contributed by atoms with Crippen molar-refractivity contribution >= 4 is 28.3 Å². The Morgan fingerprint density at radius 2 is 1.93 bits per heavy atom. The summed E-state index contributed by atoms with van der Waals surface area (Å²) in [6, 6.07) is 11.4. The van der Waals surface area contributed by atoms with Gasteiger partial charge >= 0.3 is 5.69 Å². The molecule has 1 amide bonds. The number of hydrogen-bond donors (Lipinski definition) is 1. The van der Waals surface area contributed by atoms with E-state index >= 15 is 0 Å². The fraction of sp³-hybridized carbons (Fsp3) is 0.211. The van der Waals surface area contributed by atoms with E-state index in [1.807, 2.05) is 0 Å². The molecular weight excluding hydrogens is 351 g/mol. The average molecular weight is 368 g/mol. The van der Waals surface area contributed by atoms with Crippen molar-refractivity contribution in [2.24, 2.45) is 19.3 Å². The van der Waals surface area contributed by atoms with Crippen molar-refractivity contribution in [1.82, 2.24) is 9.13 Å². The number of carbonyl (C=O) groups is 1. The van der Waals surface area contributed by atoms with Gasteiger partial charge in [-0.15, -0.1) is 0 Å². The van der Waals surface area contributed by atoms with E-state index < -0.39 is 11.9 Å². The van der Waals surface area contributed by atoms with Gasteiger partial charge in [0.1, 0.15) is 5.82 Å². The van der Waals surface area contributed by atoms with Crippen molar-refractivity contribution in [2.45, 2.75) is 12.5 Å². The number of aromatic nitrogens is 2. The summed E-state index contributed by atoms with van der Waals surface area (Å²) in [4.78, 5) is 29.7. The third-order valence-electron chi connectivity index (χ3n) is 4.69. The molecule has 0 unspecified atom stereocenters. The fourth-order valence-electron chi connectivity index (χ4n) is 3.18. The number of aryl methyl sites for hydroxylation is 2. The first-order valence-electron chi connectivity index (χ1n) is 8.39. The predicted molar refractivity (Wildman–Crippen MR) is 99.2 cm³/mol. The van der Waals surface area contributed by atoms with Crippen LogP contribution in [0.3, 0.4) is 0 Å². The highest BCUT2D eigenvalue weighted by atomic mass is 19.1. The Bertz CT molecular complexity index is 1150. The second-order valence-corrected chi connectivity index (χ2v) is 6.41. The molecule has 0 saturated carbocycles. The SMILES string of the molecule is Cn1c(=O)n(C)c2cc(NC(=O)[C@H]3CC(c4ccccc4F)=NO3)ccc21. The molecule has 1 N–H and O–H groups in total. The molecule has 0 aliphatic carbocycles. The van der Waals surface area contributed by atoms with Gasteiger partial charge in [0.15, 0.2) is 0 Å². The highest BCUT2D eigenvalue weighted by molar-refractivity contribution is 6.06. The van der Waals surface area contributed by atoms with Gasteiger partial charge in [0.2, 0.25) is 6.10 Å². The first-order chi connectivity index (χ1) is 13.0. The number of imidazole rings is 1. The molecule has 0 spiro atoms. The monoisotopic (exact) mass is 368 g/mol. The lowest BCUT2D eigenvalue weighted by Gasteiger charge is -2.10. The Morgan fingerprint density at radius 1 is 1.19 bits per heavy atom. The summed E-state index contributed by atoms with van der Waals surface area (Å²) >= 11 is 0. The van der Waals surface area contributed by atoms with E-state index in [0.29, 0.717) is 22.5 Å². The van der Waals surface area contributed by atoms with E-state index in [2.05, 4.69) is 10.5 Å². The fourth-order valence-corrected chi connectivity index (χ4v) is 3.18. The molecule has 0 bridgehead atoms. The van der Waals surface area contributed by atoms with Gasteiger partial charge in [-0.3, -0.25) is 13.9 Å². The molecule has 1 atom stereocenters. The summed E-state index contributed by atoms with van der Waals surface area (Å²) in [5.74, 6) is -0.790. The molecule has 1 aliphatic heterocycles. The van der Waals surface area contributed by atoms with Crippen LogP contribution in [-0.2, 0) is 23.7 Å². The second kappa shape index (κ2) is 6.39.